The van der Waals surface area contributed by atoms with Crippen molar-refractivity contribution < 1.29 is 19.1 Å². The third-order valence-electron chi connectivity index (χ3n) is 7.11. The Morgan fingerprint density at radius 3 is 2.31 bits per heavy atom. The highest BCUT2D eigenvalue weighted by Crippen LogP contribution is 2.32. The number of ether oxygens (including phenoxy) is 1. The predicted octanol–water partition coefficient (Wildman–Crippen LogP) is 5.54. The number of nitrogens with zero attached hydrogens (tertiary/aromatic N) is 1. The van der Waals surface area contributed by atoms with Crippen molar-refractivity contribution in [2.45, 2.75) is 64.3 Å². The van der Waals surface area contributed by atoms with Gasteiger partial charge in [0.05, 0.1) is 18.1 Å². The van der Waals surface area contributed by atoms with Gasteiger partial charge in [-0.15, -0.1) is 0 Å². The van der Waals surface area contributed by atoms with E-state index < -0.39 is 23.1 Å². The molecule has 1 aliphatic heterocycles. The number of aryl methyl sites for hydroxylation is 1. The molecule has 2 aromatic carbocycles. The van der Waals surface area contributed by atoms with Gasteiger partial charge in [-0.05, 0) is 43.2 Å². The van der Waals surface area contributed by atoms with Gasteiger partial charge in [-0.25, -0.2) is 0 Å². The summed E-state index contributed by atoms with van der Waals surface area (Å²) in [5.74, 6) is -1.09. The van der Waals surface area contributed by atoms with E-state index >= 15 is 0 Å². The molecule has 0 aromatic heterocycles. The van der Waals surface area contributed by atoms with E-state index in [-0.39, 0.29) is 24.7 Å². The molecule has 0 radical (unpaired) electrons. The van der Waals surface area contributed by atoms with E-state index in [1.54, 1.807) is 13.8 Å². The molecule has 0 spiro atoms. The van der Waals surface area contributed by atoms with Crippen LogP contribution in [-0.2, 0) is 25.5 Å². The molecule has 1 fully saturated rings. The summed E-state index contributed by atoms with van der Waals surface area (Å²) in [6.45, 7) is 8.33. The number of carbonyl (C=O) groups excluding carboxylic acids is 3. The van der Waals surface area contributed by atoms with Gasteiger partial charge in [-0.1, -0.05) is 86.7 Å². The molecular weight excluding hydrogens is 450 g/mol. The first kappa shape index (κ1) is 27.5. The van der Waals surface area contributed by atoms with Crippen molar-refractivity contribution in [3.05, 3.63) is 83.9 Å². The largest absolute Gasteiger partial charge is 0.384 e. The average Bonchev–Trinajstić information content (AvgIpc) is 2.89. The fraction of sp³-hybridized carbons (Fsp3) is 0.452. The smallest absolute Gasteiger partial charge is 0.291 e. The van der Waals surface area contributed by atoms with E-state index in [0.717, 1.165) is 36.8 Å². The summed E-state index contributed by atoms with van der Waals surface area (Å²) in [6, 6.07) is 19.9. The second-order valence-electron chi connectivity index (χ2n) is 10.4. The highest BCUT2D eigenvalue weighted by atomic mass is 16.5. The van der Waals surface area contributed by atoms with Gasteiger partial charge in [0.15, 0.2) is 5.78 Å². The molecule has 36 heavy (non-hydrogen) atoms. The number of hydrogen-bond donors (Lipinski definition) is 0. The molecule has 2 atom stereocenters. The second kappa shape index (κ2) is 12.8. The molecule has 1 heterocycles. The van der Waals surface area contributed by atoms with Crippen LogP contribution in [0.4, 0.5) is 0 Å². The van der Waals surface area contributed by atoms with Gasteiger partial charge in [-0.2, -0.15) is 0 Å². The lowest BCUT2D eigenvalue weighted by molar-refractivity contribution is -0.154. The Morgan fingerprint density at radius 2 is 1.67 bits per heavy atom. The maximum atomic E-state index is 13.5. The summed E-state index contributed by atoms with van der Waals surface area (Å²) >= 11 is 0. The Morgan fingerprint density at radius 1 is 1.03 bits per heavy atom. The van der Waals surface area contributed by atoms with Gasteiger partial charge in [-0.3, -0.25) is 14.4 Å². The minimum absolute atomic E-state index is 0.0327. The van der Waals surface area contributed by atoms with E-state index in [2.05, 4.69) is 30.8 Å². The van der Waals surface area contributed by atoms with Crippen LogP contribution in [0.5, 0.6) is 0 Å². The molecule has 0 bridgehead atoms. The number of piperidine rings is 1. The summed E-state index contributed by atoms with van der Waals surface area (Å²) in [5.41, 5.74) is 2.31. The molecule has 5 heteroatoms. The fourth-order valence-corrected chi connectivity index (χ4v) is 5.07. The maximum absolute atomic E-state index is 13.5. The molecule has 192 valence electrons. The highest BCUT2D eigenvalue weighted by Gasteiger charge is 2.40. The molecule has 3 rings (SSSR count). The number of ketones is 2. The minimum Gasteiger partial charge on any atom is -0.384 e. The quantitative estimate of drug-likeness (QED) is 0.290. The number of likely N-dealkylation sites (tertiary alicyclic amines) is 1. The number of benzene rings is 2. The van der Waals surface area contributed by atoms with Crippen molar-refractivity contribution in [2.24, 2.45) is 5.41 Å². The summed E-state index contributed by atoms with van der Waals surface area (Å²) in [6.07, 6.45) is 4.15. The number of carbonyl (C=O) groups is 3. The van der Waals surface area contributed by atoms with Crippen LogP contribution in [0.1, 0.15) is 63.0 Å². The SMILES string of the molecule is C=C(CC(=O)C1CCCCN1C(=O)C(=O)C(C)(C)COC)C(CCc1ccccc1)c1ccccc1. The lowest BCUT2D eigenvalue weighted by Gasteiger charge is -2.36. The van der Waals surface area contributed by atoms with Gasteiger partial charge < -0.3 is 9.64 Å². The Bertz CT molecular complexity index is 1040. The molecule has 0 saturated carbocycles. The van der Waals surface area contributed by atoms with Crippen molar-refractivity contribution in [3.8, 4) is 0 Å². The van der Waals surface area contributed by atoms with Crippen LogP contribution < -0.4 is 0 Å². The Kier molecular flexibility index (Phi) is 9.77. The molecule has 0 aliphatic carbocycles. The van der Waals surface area contributed by atoms with E-state index in [1.807, 2.05) is 36.4 Å². The Labute approximate surface area is 215 Å². The number of allylic oxidation sites excluding steroid dienone is 1. The molecule has 1 amide bonds. The van der Waals surface area contributed by atoms with Gasteiger partial charge in [0, 0.05) is 26.0 Å². The van der Waals surface area contributed by atoms with Gasteiger partial charge in [0.1, 0.15) is 0 Å². The first-order chi connectivity index (χ1) is 17.2. The monoisotopic (exact) mass is 489 g/mol. The van der Waals surface area contributed by atoms with Crippen LogP contribution in [0, 0.1) is 5.41 Å². The molecule has 2 aromatic rings. The third-order valence-corrected chi connectivity index (χ3v) is 7.11. The molecule has 5 nitrogen and oxygen atoms in total. The zero-order chi connectivity index (χ0) is 26.1. The summed E-state index contributed by atoms with van der Waals surface area (Å²) in [7, 11) is 1.51. The Hall–Kier alpha value is -3.05. The number of hydrogen-bond acceptors (Lipinski definition) is 4. The Balaban J connectivity index is 1.74. The summed E-state index contributed by atoms with van der Waals surface area (Å²) in [5, 5.41) is 0. The molecular formula is C31H39NO4. The van der Waals surface area contributed by atoms with Crippen molar-refractivity contribution in [1.29, 1.82) is 0 Å². The summed E-state index contributed by atoms with van der Waals surface area (Å²) < 4.78 is 5.15. The lowest BCUT2D eigenvalue weighted by Crippen LogP contribution is -2.53. The normalized spacial score (nSPS) is 16.9. The van der Waals surface area contributed by atoms with Gasteiger partial charge >= 0.3 is 0 Å². The standard InChI is InChI=1S/C31H39NO4/c1-23(26(25-15-9-6-10-16-25)19-18-24-13-7-5-8-14-24)21-28(33)27-17-11-12-20-32(27)30(35)29(34)31(2,3)22-36-4/h5-10,13-16,26-27H,1,11-12,17-22H2,2-4H3. The minimum atomic E-state index is -0.934. The first-order valence-corrected chi connectivity index (χ1v) is 12.9. The lowest BCUT2D eigenvalue weighted by atomic mass is 9.82. The first-order valence-electron chi connectivity index (χ1n) is 12.9. The van der Waals surface area contributed by atoms with Crippen LogP contribution in [0.15, 0.2) is 72.8 Å². The predicted molar refractivity (Wildman–Crippen MR) is 143 cm³/mol. The van der Waals surface area contributed by atoms with E-state index in [9.17, 15) is 14.4 Å². The molecule has 1 aliphatic rings. The van der Waals surface area contributed by atoms with Gasteiger partial charge in [0.2, 0.25) is 5.78 Å². The van der Waals surface area contributed by atoms with Crippen LogP contribution in [0.25, 0.3) is 0 Å². The highest BCUT2D eigenvalue weighted by molar-refractivity contribution is 6.38. The number of Topliss-reactive ketones (excluding diaryl/α,β-unsaturated/α-hetero) is 2. The fourth-order valence-electron chi connectivity index (χ4n) is 5.07. The van der Waals surface area contributed by atoms with E-state index in [0.29, 0.717) is 13.0 Å². The zero-order valence-corrected chi connectivity index (χ0v) is 21.9. The number of amides is 1. The van der Waals surface area contributed by atoms with Crippen LogP contribution in [-0.4, -0.2) is 48.7 Å². The van der Waals surface area contributed by atoms with E-state index in [1.165, 1.54) is 17.6 Å². The van der Waals surface area contributed by atoms with E-state index in [4.69, 9.17) is 4.74 Å². The van der Waals surface area contributed by atoms with Crippen molar-refractivity contribution in [2.75, 3.05) is 20.3 Å². The average molecular weight is 490 g/mol. The van der Waals surface area contributed by atoms with Crippen molar-refractivity contribution in [3.63, 3.8) is 0 Å². The second-order valence-corrected chi connectivity index (χ2v) is 10.4. The molecule has 2 unspecified atom stereocenters. The topological polar surface area (TPSA) is 63.7 Å². The van der Waals surface area contributed by atoms with Crippen molar-refractivity contribution >= 4 is 17.5 Å². The number of rotatable bonds is 12. The zero-order valence-electron chi connectivity index (χ0n) is 21.9. The number of methoxy groups -OCH3 is 1. The van der Waals surface area contributed by atoms with Crippen LogP contribution in [0.2, 0.25) is 0 Å². The summed E-state index contributed by atoms with van der Waals surface area (Å²) in [4.78, 5) is 41.2. The van der Waals surface area contributed by atoms with Gasteiger partial charge in [0.25, 0.3) is 5.91 Å². The molecule has 1 saturated heterocycles. The molecule has 0 N–H and O–H groups in total. The van der Waals surface area contributed by atoms with Crippen LogP contribution in [0.3, 0.4) is 0 Å². The van der Waals surface area contributed by atoms with Crippen LogP contribution >= 0.6 is 0 Å². The maximum Gasteiger partial charge on any atom is 0.291 e. The third kappa shape index (κ3) is 7.01. The van der Waals surface area contributed by atoms with Crippen molar-refractivity contribution in [1.82, 2.24) is 4.90 Å².